The lowest BCUT2D eigenvalue weighted by atomic mass is 10.0. The molecule has 3 aromatic carbocycles. The molecule has 4 aromatic rings. The van der Waals surface area contributed by atoms with Crippen LogP contribution in [-0.2, 0) is 4.79 Å². The minimum absolute atomic E-state index is 0.138. The summed E-state index contributed by atoms with van der Waals surface area (Å²) in [6.45, 7) is 1.97. The molecule has 0 saturated heterocycles. The van der Waals surface area contributed by atoms with Gasteiger partial charge in [-0.15, -0.1) is 0 Å². The van der Waals surface area contributed by atoms with Gasteiger partial charge >= 0.3 is 0 Å². The van der Waals surface area contributed by atoms with Gasteiger partial charge in [-0.1, -0.05) is 18.7 Å². The van der Waals surface area contributed by atoms with Crippen molar-refractivity contribution >= 4 is 23.4 Å². The number of methoxy groups -OCH3 is 4. The zero-order chi connectivity index (χ0) is 27.1. The van der Waals surface area contributed by atoms with Crippen LogP contribution in [0, 0.1) is 0 Å². The van der Waals surface area contributed by atoms with E-state index < -0.39 is 0 Å². The first-order valence-electron chi connectivity index (χ1n) is 12.1. The molecule has 0 fully saturated rings. The van der Waals surface area contributed by atoms with Crippen molar-refractivity contribution < 1.29 is 23.7 Å². The predicted octanol–water partition coefficient (Wildman–Crippen LogP) is 6.29. The molecule has 1 amide bonds. The number of thioether (sulfide) groups is 1. The summed E-state index contributed by atoms with van der Waals surface area (Å²) in [7, 11) is 6.42. The second-order valence-electron chi connectivity index (χ2n) is 8.33. The lowest BCUT2D eigenvalue weighted by molar-refractivity contribution is -0.115. The van der Waals surface area contributed by atoms with Crippen LogP contribution in [0.5, 0.6) is 23.0 Å². The van der Waals surface area contributed by atoms with Crippen molar-refractivity contribution in [2.45, 2.75) is 23.8 Å². The van der Waals surface area contributed by atoms with Gasteiger partial charge in [-0.05, 0) is 55.0 Å². The fourth-order valence-corrected chi connectivity index (χ4v) is 4.80. The highest BCUT2D eigenvalue weighted by molar-refractivity contribution is 8.00. The Labute approximate surface area is 226 Å². The average molecular weight is 534 g/mol. The molecule has 0 spiro atoms. The van der Waals surface area contributed by atoms with Gasteiger partial charge in [0.2, 0.25) is 5.91 Å². The molecular weight excluding hydrogens is 502 g/mol. The standard InChI is InChI=1S/C29H31N3O5S/c1-6-25(28(33)30-20-15-23(36-4)17-24(16-20)37-5)38-29-31-26(18-7-11-21(34-2)12-8-18)27(32-29)19-9-13-22(35-3)14-10-19/h7-17,25H,6H2,1-5H3,(H,30,33)(H,31,32). The first-order valence-corrected chi connectivity index (χ1v) is 12.9. The first kappa shape index (κ1) is 26.9. The summed E-state index contributed by atoms with van der Waals surface area (Å²) >= 11 is 1.39. The van der Waals surface area contributed by atoms with Gasteiger partial charge in [0.15, 0.2) is 5.16 Å². The quantitative estimate of drug-likeness (QED) is 0.219. The van der Waals surface area contributed by atoms with Crippen molar-refractivity contribution in [2.75, 3.05) is 33.8 Å². The highest BCUT2D eigenvalue weighted by Crippen LogP contribution is 2.36. The third kappa shape index (κ3) is 6.23. The Balaban J connectivity index is 1.63. The van der Waals surface area contributed by atoms with Crippen molar-refractivity contribution in [3.63, 3.8) is 0 Å². The SMILES string of the molecule is CCC(Sc1nc(-c2ccc(OC)cc2)c(-c2ccc(OC)cc2)[nH]1)C(=O)Nc1cc(OC)cc(OC)c1. The zero-order valence-corrected chi connectivity index (χ0v) is 22.8. The molecule has 1 atom stereocenters. The molecule has 9 heteroatoms. The summed E-state index contributed by atoms with van der Waals surface area (Å²) in [6.07, 6.45) is 0.605. The van der Waals surface area contributed by atoms with E-state index in [1.807, 2.05) is 55.5 Å². The van der Waals surface area contributed by atoms with Crippen LogP contribution in [0.3, 0.4) is 0 Å². The largest absolute Gasteiger partial charge is 0.497 e. The molecule has 2 N–H and O–H groups in total. The lowest BCUT2D eigenvalue weighted by Crippen LogP contribution is -2.24. The molecule has 198 valence electrons. The number of aromatic nitrogens is 2. The number of hydrogen-bond acceptors (Lipinski definition) is 7. The number of ether oxygens (including phenoxy) is 4. The molecule has 1 unspecified atom stereocenters. The summed E-state index contributed by atoms with van der Waals surface area (Å²) in [5.41, 5.74) is 4.13. The molecule has 1 aromatic heterocycles. The third-order valence-electron chi connectivity index (χ3n) is 5.96. The molecule has 0 aliphatic rings. The van der Waals surface area contributed by atoms with E-state index in [4.69, 9.17) is 23.9 Å². The maximum Gasteiger partial charge on any atom is 0.237 e. The number of nitrogens with one attached hydrogen (secondary N) is 2. The molecule has 4 rings (SSSR count). The smallest absolute Gasteiger partial charge is 0.237 e. The summed E-state index contributed by atoms with van der Waals surface area (Å²) in [4.78, 5) is 21.6. The van der Waals surface area contributed by atoms with E-state index in [0.29, 0.717) is 28.8 Å². The van der Waals surface area contributed by atoms with Crippen molar-refractivity contribution in [1.29, 1.82) is 0 Å². The fourth-order valence-electron chi connectivity index (χ4n) is 3.89. The fraction of sp³-hybridized carbons (Fsp3) is 0.241. The average Bonchev–Trinajstić information content (AvgIpc) is 3.39. The highest BCUT2D eigenvalue weighted by atomic mass is 32.2. The van der Waals surface area contributed by atoms with Crippen LogP contribution >= 0.6 is 11.8 Å². The Hall–Kier alpha value is -4.11. The summed E-state index contributed by atoms with van der Waals surface area (Å²) in [5, 5.41) is 3.25. The van der Waals surface area contributed by atoms with Crippen LogP contribution in [0.1, 0.15) is 13.3 Å². The first-order chi connectivity index (χ1) is 18.5. The number of aromatic amines is 1. The molecule has 0 saturated carbocycles. The van der Waals surface area contributed by atoms with Gasteiger partial charge in [0.1, 0.15) is 23.0 Å². The maximum absolute atomic E-state index is 13.2. The van der Waals surface area contributed by atoms with E-state index in [1.165, 1.54) is 11.8 Å². The molecule has 0 aliphatic carbocycles. The number of amides is 1. The van der Waals surface area contributed by atoms with E-state index in [2.05, 4.69) is 10.3 Å². The van der Waals surface area contributed by atoms with Gasteiger partial charge < -0.3 is 29.2 Å². The van der Waals surface area contributed by atoms with Gasteiger partial charge in [-0.3, -0.25) is 4.79 Å². The molecule has 0 bridgehead atoms. The molecular formula is C29H31N3O5S. The molecule has 1 heterocycles. The van der Waals surface area contributed by atoms with Crippen LogP contribution < -0.4 is 24.3 Å². The van der Waals surface area contributed by atoms with Gasteiger partial charge in [-0.25, -0.2) is 4.98 Å². The Kier molecular flexibility index (Phi) is 8.81. The summed E-state index contributed by atoms with van der Waals surface area (Å²) < 4.78 is 21.3. The monoisotopic (exact) mass is 533 g/mol. The second-order valence-corrected chi connectivity index (χ2v) is 9.52. The van der Waals surface area contributed by atoms with Crippen LogP contribution in [0.25, 0.3) is 22.5 Å². The number of benzene rings is 3. The normalized spacial score (nSPS) is 11.5. The van der Waals surface area contributed by atoms with Crippen molar-refractivity contribution in [3.05, 3.63) is 66.7 Å². The summed E-state index contributed by atoms with van der Waals surface area (Å²) in [5.74, 6) is 2.59. The van der Waals surface area contributed by atoms with Gasteiger partial charge in [0, 0.05) is 35.0 Å². The van der Waals surface area contributed by atoms with E-state index >= 15 is 0 Å². The van der Waals surface area contributed by atoms with Gasteiger partial charge in [0.05, 0.1) is 45.1 Å². The molecule has 38 heavy (non-hydrogen) atoms. The minimum Gasteiger partial charge on any atom is -0.497 e. The Morgan fingerprint density at radius 1 is 0.816 bits per heavy atom. The van der Waals surface area contributed by atoms with Gasteiger partial charge in [0.25, 0.3) is 0 Å². The van der Waals surface area contributed by atoms with Crippen LogP contribution in [0.15, 0.2) is 71.9 Å². The highest BCUT2D eigenvalue weighted by Gasteiger charge is 2.23. The number of anilines is 1. The number of imidazole rings is 1. The minimum atomic E-state index is -0.384. The van der Waals surface area contributed by atoms with E-state index in [-0.39, 0.29) is 11.2 Å². The number of rotatable bonds is 11. The van der Waals surface area contributed by atoms with Gasteiger partial charge in [-0.2, -0.15) is 0 Å². The molecule has 0 aliphatic heterocycles. The number of nitrogens with zero attached hydrogens (tertiary/aromatic N) is 1. The third-order valence-corrected chi connectivity index (χ3v) is 7.21. The van der Waals surface area contributed by atoms with E-state index in [0.717, 1.165) is 34.0 Å². The van der Waals surface area contributed by atoms with Crippen LogP contribution in [-0.4, -0.2) is 49.6 Å². The zero-order valence-electron chi connectivity index (χ0n) is 22.0. The second kappa shape index (κ2) is 12.4. The van der Waals surface area contributed by atoms with E-state index in [9.17, 15) is 4.79 Å². The molecule has 8 nitrogen and oxygen atoms in total. The molecule has 0 radical (unpaired) electrons. The van der Waals surface area contributed by atoms with Crippen molar-refractivity contribution in [1.82, 2.24) is 9.97 Å². The number of H-pyrrole nitrogens is 1. The lowest BCUT2D eigenvalue weighted by Gasteiger charge is -2.15. The Bertz CT molecular complexity index is 1280. The van der Waals surface area contributed by atoms with Crippen molar-refractivity contribution in [3.8, 4) is 45.5 Å². The van der Waals surface area contributed by atoms with E-state index in [1.54, 1.807) is 46.6 Å². The number of hydrogen-bond donors (Lipinski definition) is 2. The number of carbonyl (C=O) groups excluding carboxylic acids is 1. The van der Waals surface area contributed by atoms with Crippen molar-refractivity contribution in [2.24, 2.45) is 0 Å². The maximum atomic E-state index is 13.2. The predicted molar refractivity (Wildman–Crippen MR) is 151 cm³/mol. The number of carbonyl (C=O) groups is 1. The topological polar surface area (TPSA) is 94.7 Å². The Morgan fingerprint density at radius 2 is 1.34 bits per heavy atom. The van der Waals surface area contributed by atoms with Crippen LogP contribution in [0.2, 0.25) is 0 Å². The van der Waals surface area contributed by atoms with Crippen LogP contribution in [0.4, 0.5) is 5.69 Å². The summed E-state index contributed by atoms with van der Waals surface area (Å²) in [6, 6.07) is 20.8. The Morgan fingerprint density at radius 3 is 1.84 bits per heavy atom.